The lowest BCUT2D eigenvalue weighted by molar-refractivity contribution is 1.10. The van der Waals surface area contributed by atoms with Crippen LogP contribution in [0.15, 0.2) is 18.5 Å². The number of aromatic nitrogens is 1. The maximum atomic E-state index is 4.02. The summed E-state index contributed by atoms with van der Waals surface area (Å²) in [6.07, 6.45) is 4.72. The summed E-state index contributed by atoms with van der Waals surface area (Å²) in [5, 5.41) is 3.11. The molecule has 0 atom stereocenters. The van der Waals surface area contributed by atoms with Gasteiger partial charge in [-0.3, -0.25) is 4.98 Å². The number of nitrogens with one attached hydrogen (secondary N) is 1. The highest BCUT2D eigenvalue weighted by molar-refractivity contribution is 5.48. The van der Waals surface area contributed by atoms with Crippen LogP contribution in [-0.4, -0.2) is 12.0 Å². The third-order valence-electron chi connectivity index (χ3n) is 1.55. The highest BCUT2D eigenvalue weighted by Crippen LogP contribution is 2.11. The number of rotatable bonds is 2. The van der Waals surface area contributed by atoms with Gasteiger partial charge in [0, 0.05) is 25.1 Å². The van der Waals surface area contributed by atoms with Crippen molar-refractivity contribution < 1.29 is 0 Å². The molecule has 0 unspecified atom stereocenters. The molecule has 2 heteroatoms. The second-order valence-electron chi connectivity index (χ2n) is 2.14. The molecule has 1 heterocycles. The Morgan fingerprint density at radius 3 is 2.50 bits per heavy atom. The fourth-order valence-corrected chi connectivity index (χ4v) is 0.953. The Morgan fingerprint density at radius 1 is 1.42 bits per heavy atom. The predicted molar refractivity (Wildman–Crippen MR) is 54.5 cm³/mol. The molecule has 0 amide bonds. The SMILES string of the molecule is CC.CCc1cnccc1NC. The normalized spacial score (nSPS) is 8.33. The van der Waals surface area contributed by atoms with Crippen LogP contribution < -0.4 is 5.32 Å². The van der Waals surface area contributed by atoms with Gasteiger partial charge in [0.2, 0.25) is 0 Å². The topological polar surface area (TPSA) is 24.9 Å². The van der Waals surface area contributed by atoms with Gasteiger partial charge in [-0.25, -0.2) is 0 Å². The van der Waals surface area contributed by atoms with Crippen molar-refractivity contribution in [3.63, 3.8) is 0 Å². The third-order valence-corrected chi connectivity index (χ3v) is 1.55. The summed E-state index contributed by atoms with van der Waals surface area (Å²) in [5.74, 6) is 0. The molecule has 1 aromatic rings. The zero-order valence-corrected chi connectivity index (χ0v) is 8.39. The Bertz CT molecular complexity index is 186. The molecule has 0 radical (unpaired) electrons. The molecule has 1 aromatic heterocycles. The molecule has 0 aromatic carbocycles. The number of hydrogen-bond acceptors (Lipinski definition) is 2. The van der Waals surface area contributed by atoms with Crippen LogP contribution in [0.1, 0.15) is 26.3 Å². The maximum absolute atomic E-state index is 4.02. The zero-order valence-electron chi connectivity index (χ0n) is 8.39. The van der Waals surface area contributed by atoms with Gasteiger partial charge >= 0.3 is 0 Å². The van der Waals surface area contributed by atoms with E-state index in [2.05, 4.69) is 17.2 Å². The largest absolute Gasteiger partial charge is 0.388 e. The number of pyridine rings is 1. The van der Waals surface area contributed by atoms with E-state index in [0.29, 0.717) is 0 Å². The van der Waals surface area contributed by atoms with Gasteiger partial charge in [-0.1, -0.05) is 20.8 Å². The summed E-state index contributed by atoms with van der Waals surface area (Å²) < 4.78 is 0. The smallest absolute Gasteiger partial charge is 0.0400 e. The second-order valence-corrected chi connectivity index (χ2v) is 2.14. The number of aryl methyl sites for hydroxylation is 1. The van der Waals surface area contributed by atoms with Crippen LogP contribution >= 0.6 is 0 Å². The summed E-state index contributed by atoms with van der Waals surface area (Å²) in [7, 11) is 1.93. The first-order valence-corrected chi connectivity index (χ1v) is 4.49. The summed E-state index contributed by atoms with van der Waals surface area (Å²) in [5.41, 5.74) is 2.45. The molecule has 1 N–H and O–H groups in total. The van der Waals surface area contributed by atoms with Crippen LogP contribution in [0.4, 0.5) is 5.69 Å². The molecular formula is C10H18N2. The summed E-state index contributed by atoms with van der Waals surface area (Å²) >= 11 is 0. The van der Waals surface area contributed by atoms with Crippen molar-refractivity contribution in [1.82, 2.24) is 4.98 Å². The van der Waals surface area contributed by atoms with Crippen LogP contribution in [-0.2, 0) is 6.42 Å². The minimum Gasteiger partial charge on any atom is -0.388 e. The summed E-state index contributed by atoms with van der Waals surface area (Å²) in [4.78, 5) is 4.02. The van der Waals surface area contributed by atoms with Crippen LogP contribution in [0.3, 0.4) is 0 Å². The number of anilines is 1. The maximum Gasteiger partial charge on any atom is 0.0400 e. The van der Waals surface area contributed by atoms with E-state index in [9.17, 15) is 0 Å². The number of nitrogens with zero attached hydrogens (tertiary/aromatic N) is 1. The van der Waals surface area contributed by atoms with Crippen molar-refractivity contribution in [2.24, 2.45) is 0 Å². The first-order chi connectivity index (χ1) is 5.88. The van der Waals surface area contributed by atoms with E-state index in [4.69, 9.17) is 0 Å². The van der Waals surface area contributed by atoms with E-state index in [1.165, 1.54) is 11.3 Å². The molecule has 2 nitrogen and oxygen atoms in total. The molecule has 12 heavy (non-hydrogen) atoms. The Morgan fingerprint density at radius 2 is 2.08 bits per heavy atom. The third kappa shape index (κ3) is 2.91. The Hall–Kier alpha value is -1.05. The van der Waals surface area contributed by atoms with Gasteiger partial charge in [-0.15, -0.1) is 0 Å². The summed E-state index contributed by atoms with van der Waals surface area (Å²) in [6, 6.07) is 1.98. The van der Waals surface area contributed by atoms with Crippen LogP contribution in [0.25, 0.3) is 0 Å². The molecule has 1 rings (SSSR count). The van der Waals surface area contributed by atoms with Crippen LogP contribution in [0, 0.1) is 0 Å². The van der Waals surface area contributed by atoms with E-state index in [1.54, 1.807) is 6.20 Å². The first kappa shape index (κ1) is 11.0. The van der Waals surface area contributed by atoms with Crippen molar-refractivity contribution in [3.8, 4) is 0 Å². The molecule has 0 saturated carbocycles. The molecule has 68 valence electrons. The van der Waals surface area contributed by atoms with E-state index < -0.39 is 0 Å². The number of hydrogen-bond donors (Lipinski definition) is 1. The van der Waals surface area contributed by atoms with Crippen molar-refractivity contribution >= 4 is 5.69 Å². The Kier molecular flexibility index (Phi) is 6.07. The van der Waals surface area contributed by atoms with Gasteiger partial charge in [0.15, 0.2) is 0 Å². The first-order valence-electron chi connectivity index (χ1n) is 4.49. The highest BCUT2D eigenvalue weighted by atomic mass is 14.8. The van der Waals surface area contributed by atoms with E-state index in [-0.39, 0.29) is 0 Å². The van der Waals surface area contributed by atoms with E-state index in [1.807, 2.05) is 33.2 Å². The molecule has 0 bridgehead atoms. The van der Waals surface area contributed by atoms with Gasteiger partial charge in [0.1, 0.15) is 0 Å². The van der Waals surface area contributed by atoms with Gasteiger partial charge in [0.05, 0.1) is 0 Å². The lowest BCUT2D eigenvalue weighted by Crippen LogP contribution is -1.93. The Balaban J connectivity index is 0.000000561. The van der Waals surface area contributed by atoms with Crippen molar-refractivity contribution in [2.75, 3.05) is 12.4 Å². The minimum absolute atomic E-state index is 1.03. The molecule has 0 aliphatic heterocycles. The molecule has 0 spiro atoms. The van der Waals surface area contributed by atoms with E-state index in [0.717, 1.165) is 6.42 Å². The molecule has 0 saturated heterocycles. The monoisotopic (exact) mass is 166 g/mol. The van der Waals surface area contributed by atoms with Crippen LogP contribution in [0.5, 0.6) is 0 Å². The predicted octanol–water partition coefficient (Wildman–Crippen LogP) is 2.71. The fraction of sp³-hybridized carbons (Fsp3) is 0.500. The van der Waals surface area contributed by atoms with Gasteiger partial charge < -0.3 is 5.32 Å². The highest BCUT2D eigenvalue weighted by Gasteiger charge is 1.94. The molecular weight excluding hydrogens is 148 g/mol. The lowest BCUT2D eigenvalue weighted by atomic mass is 10.2. The fourth-order valence-electron chi connectivity index (χ4n) is 0.953. The second kappa shape index (κ2) is 6.65. The zero-order chi connectivity index (χ0) is 9.40. The van der Waals surface area contributed by atoms with Gasteiger partial charge in [0.25, 0.3) is 0 Å². The van der Waals surface area contributed by atoms with Crippen molar-refractivity contribution in [2.45, 2.75) is 27.2 Å². The lowest BCUT2D eigenvalue weighted by Gasteiger charge is -2.03. The standard InChI is InChI=1S/C8H12N2.C2H6/c1-3-7-6-10-5-4-8(7)9-2;1-2/h4-6H,3H2,1-2H3,(H,9,10);1-2H3. The van der Waals surface area contributed by atoms with Gasteiger partial charge in [-0.05, 0) is 18.1 Å². The molecule has 0 aliphatic carbocycles. The van der Waals surface area contributed by atoms with Crippen molar-refractivity contribution in [3.05, 3.63) is 24.0 Å². The van der Waals surface area contributed by atoms with Crippen molar-refractivity contribution in [1.29, 1.82) is 0 Å². The van der Waals surface area contributed by atoms with Crippen LogP contribution in [0.2, 0.25) is 0 Å². The average Bonchev–Trinajstić information content (AvgIpc) is 2.20. The molecule has 0 fully saturated rings. The van der Waals surface area contributed by atoms with Gasteiger partial charge in [-0.2, -0.15) is 0 Å². The molecule has 0 aliphatic rings. The quantitative estimate of drug-likeness (QED) is 0.730. The Labute approximate surface area is 75.0 Å². The summed E-state index contributed by atoms with van der Waals surface area (Å²) in [6.45, 7) is 6.12. The minimum atomic E-state index is 1.03. The van der Waals surface area contributed by atoms with E-state index >= 15 is 0 Å². The average molecular weight is 166 g/mol.